The van der Waals surface area contributed by atoms with Gasteiger partial charge in [0.05, 0.1) is 26.8 Å². The van der Waals surface area contributed by atoms with Crippen LogP contribution >= 0.6 is 11.3 Å². The minimum absolute atomic E-state index is 0.233. The Kier molecular flexibility index (Phi) is 5.91. The third-order valence-corrected chi connectivity index (χ3v) is 7.84. The van der Waals surface area contributed by atoms with Crippen LogP contribution in [0.5, 0.6) is 0 Å². The third kappa shape index (κ3) is 4.69. The topological polar surface area (TPSA) is 61.3 Å². The summed E-state index contributed by atoms with van der Waals surface area (Å²) in [5.74, 6) is -0.233. The van der Waals surface area contributed by atoms with Crippen molar-refractivity contribution >= 4 is 43.8 Å². The fraction of sp³-hybridized carbons (Fsp3) is 0.241. The number of aliphatic hydroxyl groups is 1. The van der Waals surface area contributed by atoms with Gasteiger partial charge in [0.1, 0.15) is 5.82 Å². The van der Waals surface area contributed by atoms with Crippen molar-refractivity contribution in [3.05, 3.63) is 83.8 Å². The first-order valence-electron chi connectivity index (χ1n) is 12.2. The molecule has 0 spiro atoms. The van der Waals surface area contributed by atoms with E-state index in [1.54, 1.807) is 23.6 Å². The number of nitrogens with zero attached hydrogens (tertiary/aromatic N) is 3. The molecule has 0 unspecified atom stereocenters. The summed E-state index contributed by atoms with van der Waals surface area (Å²) in [5, 5.41) is 14.6. The van der Waals surface area contributed by atoms with Crippen molar-refractivity contribution in [2.24, 2.45) is 0 Å². The zero-order valence-corrected chi connectivity index (χ0v) is 20.9. The van der Waals surface area contributed by atoms with Gasteiger partial charge in [-0.2, -0.15) is 0 Å². The van der Waals surface area contributed by atoms with Crippen LogP contribution in [0.3, 0.4) is 0 Å². The smallest absolute Gasteiger partial charge is 0.131 e. The Morgan fingerprint density at radius 3 is 2.69 bits per heavy atom. The molecular weight excluding hydrogens is 471 g/mol. The number of pyridine rings is 1. The van der Waals surface area contributed by atoms with Crippen LogP contribution in [0.15, 0.2) is 72.4 Å². The number of thiazole rings is 1. The van der Waals surface area contributed by atoms with Gasteiger partial charge in [0.15, 0.2) is 0 Å². The molecule has 3 heterocycles. The first-order chi connectivity index (χ1) is 17.4. The van der Waals surface area contributed by atoms with E-state index in [1.807, 2.05) is 61.0 Å². The largest absolute Gasteiger partial charge is 0.390 e. The molecule has 5 aromatic rings. The highest BCUT2D eigenvalue weighted by molar-refractivity contribution is 7.16. The minimum atomic E-state index is -0.586. The van der Waals surface area contributed by atoms with Crippen molar-refractivity contribution in [1.29, 1.82) is 0 Å². The number of piperidine rings is 1. The van der Waals surface area contributed by atoms with Crippen LogP contribution in [0, 0.1) is 5.82 Å². The van der Waals surface area contributed by atoms with Crippen molar-refractivity contribution in [2.75, 3.05) is 18.4 Å². The standard InChI is InChI=1S/C29H27FN4OS/c1-29(35)9-12-34(13-10-29)17-19-2-5-22(24(30)14-19)20-3-6-25-23(15-20)26(8-11-31-25)33-21-4-7-28-27(16-21)32-18-36-28/h2-8,11,14-16,18,35H,9-10,12-13,17H2,1H3,(H,31,33). The summed E-state index contributed by atoms with van der Waals surface area (Å²) in [6, 6.07) is 19.4. The van der Waals surface area contributed by atoms with E-state index in [9.17, 15) is 5.11 Å². The first kappa shape index (κ1) is 23.0. The summed E-state index contributed by atoms with van der Waals surface area (Å²) in [6.07, 6.45) is 3.26. The molecule has 1 fully saturated rings. The van der Waals surface area contributed by atoms with Crippen molar-refractivity contribution in [3.8, 4) is 11.1 Å². The Balaban J connectivity index is 1.27. The maximum absolute atomic E-state index is 15.3. The summed E-state index contributed by atoms with van der Waals surface area (Å²) in [7, 11) is 0. The summed E-state index contributed by atoms with van der Waals surface area (Å²) >= 11 is 1.62. The average molecular weight is 499 g/mol. The molecule has 0 aliphatic carbocycles. The quantitative estimate of drug-likeness (QED) is 0.281. The molecule has 0 atom stereocenters. The second-order valence-electron chi connectivity index (χ2n) is 9.84. The molecule has 1 aliphatic heterocycles. The zero-order chi connectivity index (χ0) is 24.7. The second-order valence-corrected chi connectivity index (χ2v) is 10.7. The molecule has 0 saturated carbocycles. The van der Waals surface area contributed by atoms with Gasteiger partial charge in [0, 0.05) is 48.2 Å². The summed E-state index contributed by atoms with van der Waals surface area (Å²) < 4.78 is 16.4. The van der Waals surface area contributed by atoms with Gasteiger partial charge in [-0.1, -0.05) is 18.2 Å². The van der Waals surface area contributed by atoms with Crippen molar-refractivity contribution in [3.63, 3.8) is 0 Å². The number of likely N-dealkylation sites (tertiary alicyclic amines) is 1. The fourth-order valence-electron chi connectivity index (χ4n) is 4.86. The van der Waals surface area contributed by atoms with Crippen LogP contribution in [-0.2, 0) is 6.54 Å². The number of fused-ring (bicyclic) bond motifs is 2. The molecule has 1 saturated heterocycles. The molecule has 182 valence electrons. The molecule has 36 heavy (non-hydrogen) atoms. The number of halogens is 1. The number of rotatable bonds is 5. The van der Waals surface area contributed by atoms with Crippen LogP contribution in [0.4, 0.5) is 15.8 Å². The number of hydrogen-bond donors (Lipinski definition) is 2. The number of nitrogens with one attached hydrogen (secondary N) is 1. The van der Waals surface area contributed by atoms with Gasteiger partial charge in [-0.05, 0) is 73.4 Å². The predicted octanol–water partition coefficient (Wildman–Crippen LogP) is 6.74. The van der Waals surface area contributed by atoms with E-state index in [0.29, 0.717) is 12.1 Å². The van der Waals surface area contributed by atoms with Crippen molar-refractivity contribution in [1.82, 2.24) is 14.9 Å². The Hall–Kier alpha value is -3.39. The van der Waals surface area contributed by atoms with Gasteiger partial charge < -0.3 is 10.4 Å². The molecule has 2 aromatic heterocycles. The lowest BCUT2D eigenvalue weighted by Gasteiger charge is -2.35. The van der Waals surface area contributed by atoms with Crippen LogP contribution < -0.4 is 5.32 Å². The Morgan fingerprint density at radius 2 is 1.86 bits per heavy atom. The minimum Gasteiger partial charge on any atom is -0.390 e. The van der Waals surface area contributed by atoms with Crippen molar-refractivity contribution in [2.45, 2.75) is 31.9 Å². The average Bonchev–Trinajstić information content (AvgIpc) is 3.34. The molecule has 0 bridgehead atoms. The molecule has 1 aliphatic rings. The lowest BCUT2D eigenvalue weighted by Crippen LogP contribution is -2.41. The highest BCUT2D eigenvalue weighted by Gasteiger charge is 2.27. The van der Waals surface area contributed by atoms with E-state index >= 15 is 4.39 Å². The Labute approximate surface area is 213 Å². The highest BCUT2D eigenvalue weighted by atomic mass is 32.1. The van der Waals surface area contributed by atoms with Gasteiger partial charge in [-0.3, -0.25) is 9.88 Å². The van der Waals surface area contributed by atoms with E-state index in [-0.39, 0.29) is 5.82 Å². The third-order valence-electron chi connectivity index (χ3n) is 7.03. The molecule has 6 rings (SSSR count). The molecule has 7 heteroatoms. The lowest BCUT2D eigenvalue weighted by atomic mass is 9.93. The number of aromatic nitrogens is 2. The number of benzene rings is 3. The lowest BCUT2D eigenvalue weighted by molar-refractivity contribution is -0.00731. The van der Waals surface area contributed by atoms with Gasteiger partial charge in [0.25, 0.3) is 0 Å². The monoisotopic (exact) mass is 498 g/mol. The molecule has 0 amide bonds. The highest BCUT2D eigenvalue weighted by Crippen LogP contribution is 2.32. The summed E-state index contributed by atoms with van der Waals surface area (Å²) in [4.78, 5) is 11.2. The van der Waals surface area contributed by atoms with Gasteiger partial charge in [0.2, 0.25) is 0 Å². The van der Waals surface area contributed by atoms with Gasteiger partial charge in [-0.15, -0.1) is 11.3 Å². The van der Waals surface area contributed by atoms with Crippen LogP contribution in [0.1, 0.15) is 25.3 Å². The number of anilines is 2. The van der Waals surface area contributed by atoms with E-state index in [4.69, 9.17) is 0 Å². The summed E-state index contributed by atoms with van der Waals surface area (Å²) in [6.45, 7) is 4.21. The second kappa shape index (κ2) is 9.24. The normalized spacial score (nSPS) is 16.0. The molecule has 3 aromatic carbocycles. The number of hydrogen-bond acceptors (Lipinski definition) is 6. The first-order valence-corrected chi connectivity index (χ1v) is 13.0. The molecule has 2 N–H and O–H groups in total. The van der Waals surface area contributed by atoms with E-state index in [0.717, 1.165) is 69.6 Å². The van der Waals surface area contributed by atoms with Gasteiger partial charge >= 0.3 is 0 Å². The predicted molar refractivity (Wildman–Crippen MR) is 145 cm³/mol. The van der Waals surface area contributed by atoms with Crippen LogP contribution in [-0.4, -0.2) is 38.7 Å². The fourth-order valence-corrected chi connectivity index (χ4v) is 5.51. The molecule has 5 nitrogen and oxygen atoms in total. The molecule has 0 radical (unpaired) electrons. The summed E-state index contributed by atoms with van der Waals surface area (Å²) in [5.41, 5.74) is 7.25. The maximum Gasteiger partial charge on any atom is 0.131 e. The molecular formula is C29H27FN4OS. The van der Waals surface area contributed by atoms with Crippen LogP contribution in [0.2, 0.25) is 0 Å². The van der Waals surface area contributed by atoms with E-state index < -0.39 is 5.60 Å². The van der Waals surface area contributed by atoms with Gasteiger partial charge in [-0.25, -0.2) is 9.37 Å². The SMILES string of the molecule is CC1(O)CCN(Cc2ccc(-c3ccc4nccc(Nc5ccc6scnc6c5)c4c3)c(F)c2)CC1. The Bertz CT molecular complexity index is 1550. The van der Waals surface area contributed by atoms with Crippen LogP contribution in [0.25, 0.3) is 32.2 Å². The zero-order valence-electron chi connectivity index (χ0n) is 20.0. The van der Waals surface area contributed by atoms with Crippen molar-refractivity contribution < 1.29 is 9.50 Å². The maximum atomic E-state index is 15.3. The van der Waals surface area contributed by atoms with E-state index in [2.05, 4.69) is 26.3 Å². The van der Waals surface area contributed by atoms with E-state index in [1.165, 1.54) is 0 Å². The Morgan fingerprint density at radius 1 is 1.00 bits per heavy atom.